The summed E-state index contributed by atoms with van der Waals surface area (Å²) in [4.78, 5) is 27.9. The van der Waals surface area contributed by atoms with Gasteiger partial charge in [-0.2, -0.15) is 5.10 Å². The number of aryl methyl sites for hydroxylation is 1. The van der Waals surface area contributed by atoms with Crippen LogP contribution in [-0.4, -0.2) is 33.0 Å². The smallest absolute Gasteiger partial charge is 0.223 e. The SMILES string of the molecule is Cc1nn(-c2ccccn2)c(C)c1CCNC(=O)C1CCC(=O)CC1. The summed E-state index contributed by atoms with van der Waals surface area (Å²) in [5.74, 6) is 1.12. The van der Waals surface area contributed by atoms with Crippen molar-refractivity contribution < 1.29 is 9.59 Å². The zero-order valence-electron chi connectivity index (χ0n) is 14.8. The Bertz CT molecular complexity index is 757. The number of carbonyl (C=O) groups is 2. The van der Waals surface area contributed by atoms with Crippen molar-refractivity contribution in [1.82, 2.24) is 20.1 Å². The van der Waals surface area contributed by atoms with Crippen LogP contribution in [0.25, 0.3) is 5.82 Å². The fourth-order valence-corrected chi connectivity index (χ4v) is 3.40. The third kappa shape index (κ3) is 3.95. The van der Waals surface area contributed by atoms with Crippen molar-refractivity contribution in [3.63, 3.8) is 0 Å². The average molecular weight is 340 g/mol. The molecule has 1 saturated carbocycles. The van der Waals surface area contributed by atoms with E-state index < -0.39 is 0 Å². The first-order valence-corrected chi connectivity index (χ1v) is 8.82. The monoisotopic (exact) mass is 340 g/mol. The van der Waals surface area contributed by atoms with Crippen LogP contribution in [0.15, 0.2) is 24.4 Å². The van der Waals surface area contributed by atoms with Crippen LogP contribution in [0.1, 0.15) is 42.6 Å². The molecule has 25 heavy (non-hydrogen) atoms. The van der Waals surface area contributed by atoms with Crippen molar-refractivity contribution in [1.29, 1.82) is 0 Å². The van der Waals surface area contributed by atoms with Crippen LogP contribution in [0.2, 0.25) is 0 Å². The van der Waals surface area contributed by atoms with E-state index in [-0.39, 0.29) is 17.6 Å². The molecule has 2 aromatic rings. The predicted octanol–water partition coefficient (Wildman–Crippen LogP) is 2.30. The van der Waals surface area contributed by atoms with Crippen LogP contribution in [0.5, 0.6) is 0 Å². The second-order valence-electron chi connectivity index (χ2n) is 6.60. The fourth-order valence-electron chi connectivity index (χ4n) is 3.40. The molecule has 1 amide bonds. The summed E-state index contributed by atoms with van der Waals surface area (Å²) in [5.41, 5.74) is 3.15. The van der Waals surface area contributed by atoms with E-state index in [9.17, 15) is 9.59 Å². The Morgan fingerprint density at radius 2 is 2.04 bits per heavy atom. The molecule has 0 unspecified atom stereocenters. The van der Waals surface area contributed by atoms with E-state index in [0.717, 1.165) is 29.2 Å². The molecule has 0 saturated heterocycles. The van der Waals surface area contributed by atoms with Gasteiger partial charge in [-0.05, 0) is 50.8 Å². The molecule has 1 aliphatic rings. The maximum absolute atomic E-state index is 12.2. The lowest BCUT2D eigenvalue weighted by molar-refractivity contribution is -0.128. The van der Waals surface area contributed by atoms with Gasteiger partial charge in [0.1, 0.15) is 5.78 Å². The van der Waals surface area contributed by atoms with Gasteiger partial charge >= 0.3 is 0 Å². The highest BCUT2D eigenvalue weighted by Crippen LogP contribution is 2.21. The number of carbonyl (C=O) groups excluding carboxylic acids is 2. The number of ketones is 1. The number of aromatic nitrogens is 3. The predicted molar refractivity (Wildman–Crippen MR) is 94.5 cm³/mol. The van der Waals surface area contributed by atoms with Crippen LogP contribution < -0.4 is 5.32 Å². The minimum absolute atomic E-state index is 0.0175. The second kappa shape index (κ2) is 7.59. The number of rotatable bonds is 5. The van der Waals surface area contributed by atoms with Crippen molar-refractivity contribution in [2.75, 3.05) is 6.54 Å². The Morgan fingerprint density at radius 1 is 1.28 bits per heavy atom. The highest BCUT2D eigenvalue weighted by molar-refractivity contribution is 5.84. The molecule has 6 heteroatoms. The maximum atomic E-state index is 12.2. The zero-order chi connectivity index (χ0) is 17.8. The van der Waals surface area contributed by atoms with Gasteiger partial charge in [-0.25, -0.2) is 9.67 Å². The summed E-state index contributed by atoms with van der Waals surface area (Å²) >= 11 is 0. The summed E-state index contributed by atoms with van der Waals surface area (Å²) in [6.45, 7) is 4.59. The topological polar surface area (TPSA) is 76.9 Å². The van der Waals surface area contributed by atoms with E-state index in [4.69, 9.17) is 0 Å². The molecule has 2 heterocycles. The van der Waals surface area contributed by atoms with Gasteiger partial charge in [0, 0.05) is 37.2 Å². The highest BCUT2D eigenvalue weighted by Gasteiger charge is 2.24. The van der Waals surface area contributed by atoms with E-state index in [1.807, 2.05) is 36.7 Å². The molecule has 0 bridgehead atoms. The molecule has 0 spiro atoms. The first-order valence-electron chi connectivity index (χ1n) is 8.82. The molecular formula is C19H24N4O2. The number of pyridine rings is 1. The minimum atomic E-state index is -0.0175. The molecule has 6 nitrogen and oxygen atoms in total. The number of hydrogen-bond donors (Lipinski definition) is 1. The van der Waals surface area contributed by atoms with Gasteiger partial charge in [-0.15, -0.1) is 0 Å². The van der Waals surface area contributed by atoms with Gasteiger partial charge in [0.15, 0.2) is 5.82 Å². The first-order chi connectivity index (χ1) is 12.1. The highest BCUT2D eigenvalue weighted by atomic mass is 16.2. The van der Waals surface area contributed by atoms with E-state index in [2.05, 4.69) is 15.4 Å². The van der Waals surface area contributed by atoms with E-state index in [1.54, 1.807) is 6.20 Å². The number of nitrogens with one attached hydrogen (secondary N) is 1. The third-order valence-corrected chi connectivity index (χ3v) is 4.90. The van der Waals surface area contributed by atoms with Gasteiger partial charge in [0.25, 0.3) is 0 Å². The Morgan fingerprint density at radius 3 is 2.72 bits per heavy atom. The van der Waals surface area contributed by atoms with Crippen LogP contribution in [0.3, 0.4) is 0 Å². The minimum Gasteiger partial charge on any atom is -0.356 e. The molecule has 132 valence electrons. The molecule has 1 N–H and O–H groups in total. The van der Waals surface area contributed by atoms with Gasteiger partial charge in [-0.3, -0.25) is 9.59 Å². The van der Waals surface area contributed by atoms with Gasteiger partial charge < -0.3 is 5.32 Å². The van der Waals surface area contributed by atoms with Crippen molar-refractivity contribution in [3.05, 3.63) is 41.3 Å². The third-order valence-electron chi connectivity index (χ3n) is 4.90. The molecule has 0 atom stereocenters. The molecule has 1 fully saturated rings. The summed E-state index contributed by atoms with van der Waals surface area (Å²) in [7, 11) is 0. The lowest BCUT2D eigenvalue weighted by Crippen LogP contribution is -2.34. The van der Waals surface area contributed by atoms with Gasteiger partial charge in [0.2, 0.25) is 5.91 Å². The molecule has 0 radical (unpaired) electrons. The molecule has 0 aromatic carbocycles. The van der Waals surface area contributed by atoms with Crippen molar-refractivity contribution >= 4 is 11.7 Å². The Balaban J connectivity index is 1.59. The molecule has 3 rings (SSSR count). The lowest BCUT2D eigenvalue weighted by Gasteiger charge is -2.20. The maximum Gasteiger partial charge on any atom is 0.223 e. The van der Waals surface area contributed by atoms with Crippen LogP contribution >= 0.6 is 0 Å². The molecule has 0 aliphatic heterocycles. The van der Waals surface area contributed by atoms with Gasteiger partial charge in [-0.1, -0.05) is 6.07 Å². The number of amides is 1. The zero-order valence-corrected chi connectivity index (χ0v) is 14.8. The van der Waals surface area contributed by atoms with Crippen molar-refractivity contribution in [3.8, 4) is 5.82 Å². The second-order valence-corrected chi connectivity index (χ2v) is 6.60. The summed E-state index contributed by atoms with van der Waals surface area (Å²) in [6.07, 6.45) is 4.92. The Kier molecular flexibility index (Phi) is 5.26. The van der Waals surface area contributed by atoms with E-state index >= 15 is 0 Å². The molecule has 1 aliphatic carbocycles. The van der Waals surface area contributed by atoms with Crippen LogP contribution in [0, 0.1) is 19.8 Å². The number of nitrogens with zero attached hydrogens (tertiary/aromatic N) is 3. The summed E-state index contributed by atoms with van der Waals surface area (Å²) < 4.78 is 1.85. The summed E-state index contributed by atoms with van der Waals surface area (Å²) in [5, 5.41) is 7.60. The fraction of sp³-hybridized carbons (Fsp3) is 0.474. The summed E-state index contributed by atoms with van der Waals surface area (Å²) in [6, 6.07) is 5.74. The van der Waals surface area contributed by atoms with Crippen LogP contribution in [-0.2, 0) is 16.0 Å². The average Bonchev–Trinajstić information content (AvgIpc) is 2.91. The Hall–Kier alpha value is -2.50. The number of Topliss-reactive ketones (excluding diaryl/α,β-unsaturated/α-hetero) is 1. The van der Waals surface area contributed by atoms with E-state index in [0.29, 0.717) is 32.2 Å². The lowest BCUT2D eigenvalue weighted by atomic mass is 9.88. The quantitative estimate of drug-likeness (QED) is 0.906. The Labute approximate surface area is 147 Å². The first kappa shape index (κ1) is 17.3. The molecular weight excluding hydrogens is 316 g/mol. The van der Waals surface area contributed by atoms with Crippen molar-refractivity contribution in [2.24, 2.45) is 5.92 Å². The van der Waals surface area contributed by atoms with Crippen LogP contribution in [0.4, 0.5) is 0 Å². The normalized spacial score (nSPS) is 15.4. The largest absolute Gasteiger partial charge is 0.356 e. The molecule has 2 aromatic heterocycles. The van der Waals surface area contributed by atoms with Crippen molar-refractivity contribution in [2.45, 2.75) is 46.0 Å². The standard InChI is InChI=1S/C19H24N4O2/c1-13-17(14(2)23(22-13)18-5-3-4-11-20-18)10-12-21-19(25)15-6-8-16(24)9-7-15/h3-5,11,15H,6-10,12H2,1-2H3,(H,21,25). The van der Waals surface area contributed by atoms with Gasteiger partial charge in [0.05, 0.1) is 5.69 Å². The van der Waals surface area contributed by atoms with E-state index in [1.165, 1.54) is 0 Å². The number of hydrogen-bond acceptors (Lipinski definition) is 4.